The van der Waals surface area contributed by atoms with Gasteiger partial charge in [0.15, 0.2) is 0 Å². The van der Waals surface area contributed by atoms with E-state index in [1.165, 1.54) is 12.8 Å². The number of nitrogens with zero attached hydrogens (tertiary/aromatic N) is 1. The third kappa shape index (κ3) is 2.61. The zero-order chi connectivity index (χ0) is 10.6. The van der Waals surface area contributed by atoms with Gasteiger partial charge in [0.05, 0.1) is 0 Å². The predicted molar refractivity (Wildman–Crippen MR) is 55.5 cm³/mol. The maximum atomic E-state index is 11.1. The smallest absolute Gasteiger partial charge is 0.407 e. The van der Waals surface area contributed by atoms with E-state index in [1.54, 1.807) is 4.90 Å². The zero-order valence-electron chi connectivity index (χ0n) is 8.99. The van der Waals surface area contributed by atoms with Crippen LogP contribution in [0.4, 0.5) is 4.79 Å². The van der Waals surface area contributed by atoms with Crippen LogP contribution in [-0.2, 0) is 0 Å². The molecule has 0 heterocycles. The lowest BCUT2D eigenvalue weighted by Crippen LogP contribution is -2.47. The van der Waals surface area contributed by atoms with Crippen molar-refractivity contribution in [2.45, 2.75) is 44.7 Å². The van der Waals surface area contributed by atoms with Crippen LogP contribution >= 0.6 is 0 Å². The molecule has 0 aromatic heterocycles. The average molecular weight is 200 g/mol. The fraction of sp³-hybridized carbons (Fsp3) is 0.900. The number of amides is 1. The molecule has 4 heteroatoms. The molecule has 0 aromatic carbocycles. The molecule has 1 unspecified atom stereocenters. The molecule has 14 heavy (non-hydrogen) atoms. The van der Waals surface area contributed by atoms with Crippen LogP contribution in [0.2, 0.25) is 0 Å². The van der Waals surface area contributed by atoms with E-state index in [1.807, 2.05) is 14.0 Å². The molecule has 82 valence electrons. The van der Waals surface area contributed by atoms with E-state index in [0.29, 0.717) is 0 Å². The van der Waals surface area contributed by atoms with Crippen molar-refractivity contribution in [3.05, 3.63) is 0 Å². The van der Waals surface area contributed by atoms with E-state index >= 15 is 0 Å². The molecule has 1 rings (SSSR count). The molecule has 0 saturated heterocycles. The molecule has 0 spiro atoms. The Labute approximate surface area is 85.3 Å². The summed E-state index contributed by atoms with van der Waals surface area (Å²) in [5, 5.41) is 12.2. The standard InChI is InChI=1S/C10H20N2O2/c1-8(7-11-2)12(10(13)14)9-5-3-4-6-9/h8-9,11H,3-7H2,1-2H3,(H,13,14). The first-order valence-corrected chi connectivity index (χ1v) is 5.32. The first-order valence-electron chi connectivity index (χ1n) is 5.32. The Kier molecular flexibility index (Phi) is 4.20. The van der Waals surface area contributed by atoms with Crippen LogP contribution < -0.4 is 5.32 Å². The number of carbonyl (C=O) groups is 1. The van der Waals surface area contributed by atoms with E-state index in [-0.39, 0.29) is 12.1 Å². The van der Waals surface area contributed by atoms with Crippen molar-refractivity contribution in [1.29, 1.82) is 0 Å². The largest absolute Gasteiger partial charge is 0.465 e. The number of carboxylic acid groups (broad SMARTS) is 1. The van der Waals surface area contributed by atoms with Gasteiger partial charge in [-0.3, -0.25) is 0 Å². The first kappa shape index (κ1) is 11.3. The average Bonchev–Trinajstić information content (AvgIpc) is 2.57. The van der Waals surface area contributed by atoms with Crippen LogP contribution in [0.1, 0.15) is 32.6 Å². The third-order valence-corrected chi connectivity index (χ3v) is 2.91. The Morgan fingerprint density at radius 2 is 2.14 bits per heavy atom. The summed E-state index contributed by atoms with van der Waals surface area (Å²) in [5.74, 6) is 0. The normalized spacial score (nSPS) is 19.6. The molecule has 1 atom stereocenters. The van der Waals surface area contributed by atoms with Crippen molar-refractivity contribution in [1.82, 2.24) is 10.2 Å². The van der Waals surface area contributed by atoms with E-state index < -0.39 is 6.09 Å². The van der Waals surface area contributed by atoms with E-state index in [4.69, 9.17) is 5.11 Å². The van der Waals surface area contributed by atoms with Crippen molar-refractivity contribution < 1.29 is 9.90 Å². The van der Waals surface area contributed by atoms with E-state index in [2.05, 4.69) is 5.32 Å². The second-order valence-corrected chi connectivity index (χ2v) is 4.03. The summed E-state index contributed by atoms with van der Waals surface area (Å²) in [6, 6.07) is 0.316. The number of rotatable bonds is 4. The Bertz CT molecular complexity index is 191. The van der Waals surface area contributed by atoms with E-state index in [0.717, 1.165) is 19.4 Å². The van der Waals surface area contributed by atoms with Gasteiger partial charge in [0.2, 0.25) is 0 Å². The highest BCUT2D eigenvalue weighted by atomic mass is 16.4. The van der Waals surface area contributed by atoms with Gasteiger partial charge >= 0.3 is 6.09 Å². The molecule has 0 bridgehead atoms. The molecular weight excluding hydrogens is 180 g/mol. The first-order chi connectivity index (χ1) is 6.66. The number of nitrogens with one attached hydrogen (secondary N) is 1. The maximum Gasteiger partial charge on any atom is 0.407 e. The van der Waals surface area contributed by atoms with Gasteiger partial charge in [0.25, 0.3) is 0 Å². The van der Waals surface area contributed by atoms with Crippen molar-refractivity contribution in [3.63, 3.8) is 0 Å². The Balaban J connectivity index is 2.57. The van der Waals surface area contributed by atoms with Crippen LogP contribution in [0.3, 0.4) is 0 Å². The molecule has 4 nitrogen and oxygen atoms in total. The van der Waals surface area contributed by atoms with Crippen LogP contribution in [0, 0.1) is 0 Å². The molecule has 0 radical (unpaired) electrons. The lowest BCUT2D eigenvalue weighted by atomic mass is 10.1. The molecule has 1 fully saturated rings. The summed E-state index contributed by atoms with van der Waals surface area (Å²) >= 11 is 0. The molecular formula is C10H20N2O2. The van der Waals surface area contributed by atoms with Crippen LogP contribution in [0.5, 0.6) is 0 Å². The lowest BCUT2D eigenvalue weighted by Gasteiger charge is -2.31. The van der Waals surface area contributed by atoms with Gasteiger partial charge in [-0.25, -0.2) is 4.79 Å². The summed E-state index contributed by atoms with van der Waals surface area (Å²) in [7, 11) is 1.85. The van der Waals surface area contributed by atoms with Crippen molar-refractivity contribution in [2.75, 3.05) is 13.6 Å². The highest BCUT2D eigenvalue weighted by Crippen LogP contribution is 2.24. The second-order valence-electron chi connectivity index (χ2n) is 4.03. The predicted octanol–water partition coefficient (Wildman–Crippen LogP) is 1.52. The van der Waals surface area contributed by atoms with Gasteiger partial charge in [-0.05, 0) is 26.8 Å². The molecule has 1 aliphatic carbocycles. The Hall–Kier alpha value is -0.770. The maximum absolute atomic E-state index is 11.1. The van der Waals surface area contributed by atoms with Gasteiger partial charge in [0, 0.05) is 18.6 Å². The minimum absolute atomic E-state index is 0.0700. The summed E-state index contributed by atoms with van der Waals surface area (Å²) in [4.78, 5) is 12.7. The quantitative estimate of drug-likeness (QED) is 0.723. The lowest BCUT2D eigenvalue weighted by molar-refractivity contribution is 0.104. The monoisotopic (exact) mass is 200 g/mol. The number of hydrogen-bond donors (Lipinski definition) is 2. The van der Waals surface area contributed by atoms with Crippen molar-refractivity contribution in [3.8, 4) is 0 Å². The van der Waals surface area contributed by atoms with Crippen LogP contribution in [-0.4, -0.2) is 41.8 Å². The van der Waals surface area contributed by atoms with Gasteiger partial charge in [-0.1, -0.05) is 12.8 Å². The van der Waals surface area contributed by atoms with E-state index in [9.17, 15) is 4.79 Å². The second kappa shape index (κ2) is 5.20. The fourth-order valence-corrected chi connectivity index (χ4v) is 2.28. The highest BCUT2D eigenvalue weighted by molar-refractivity contribution is 5.66. The molecule has 0 aromatic rings. The highest BCUT2D eigenvalue weighted by Gasteiger charge is 2.29. The molecule has 1 amide bonds. The molecule has 1 saturated carbocycles. The third-order valence-electron chi connectivity index (χ3n) is 2.91. The topological polar surface area (TPSA) is 52.6 Å². The summed E-state index contributed by atoms with van der Waals surface area (Å²) < 4.78 is 0. The van der Waals surface area contributed by atoms with Crippen LogP contribution in [0.25, 0.3) is 0 Å². The Morgan fingerprint density at radius 3 is 2.57 bits per heavy atom. The molecule has 2 N–H and O–H groups in total. The van der Waals surface area contributed by atoms with Crippen molar-refractivity contribution >= 4 is 6.09 Å². The molecule has 1 aliphatic rings. The summed E-state index contributed by atoms with van der Waals surface area (Å²) in [5.41, 5.74) is 0. The minimum atomic E-state index is -0.778. The zero-order valence-corrected chi connectivity index (χ0v) is 8.99. The Morgan fingerprint density at radius 1 is 1.57 bits per heavy atom. The summed E-state index contributed by atoms with van der Waals surface area (Å²) in [6.45, 7) is 2.69. The van der Waals surface area contributed by atoms with Crippen LogP contribution in [0.15, 0.2) is 0 Å². The van der Waals surface area contributed by atoms with Crippen molar-refractivity contribution in [2.24, 2.45) is 0 Å². The van der Waals surface area contributed by atoms with Gasteiger partial charge in [-0.2, -0.15) is 0 Å². The van der Waals surface area contributed by atoms with Gasteiger partial charge in [0.1, 0.15) is 0 Å². The number of hydrogen-bond acceptors (Lipinski definition) is 2. The SMILES string of the molecule is CNCC(C)N(C(=O)O)C1CCCC1. The molecule has 0 aliphatic heterocycles. The van der Waals surface area contributed by atoms with Gasteiger partial charge in [-0.15, -0.1) is 0 Å². The minimum Gasteiger partial charge on any atom is -0.465 e. The summed E-state index contributed by atoms with van der Waals surface area (Å²) in [6.07, 6.45) is 3.61. The fourth-order valence-electron chi connectivity index (χ4n) is 2.28. The van der Waals surface area contributed by atoms with Gasteiger partial charge < -0.3 is 15.3 Å². The number of likely N-dealkylation sites (N-methyl/N-ethyl adjacent to an activating group) is 1.